The van der Waals surface area contributed by atoms with E-state index in [-0.39, 0.29) is 24.2 Å². The van der Waals surface area contributed by atoms with Crippen LogP contribution in [0, 0.1) is 12.8 Å². The van der Waals surface area contributed by atoms with Crippen molar-refractivity contribution in [1.29, 1.82) is 0 Å². The monoisotopic (exact) mass is 436 g/mol. The van der Waals surface area contributed by atoms with Crippen LogP contribution < -0.4 is 4.90 Å². The van der Waals surface area contributed by atoms with Gasteiger partial charge in [0.25, 0.3) is 0 Å². The van der Waals surface area contributed by atoms with E-state index < -0.39 is 0 Å². The molecule has 1 unspecified atom stereocenters. The van der Waals surface area contributed by atoms with E-state index in [1.54, 1.807) is 17.3 Å². The Balaban J connectivity index is 1.41. The highest BCUT2D eigenvalue weighted by Crippen LogP contribution is 2.27. The smallest absolute Gasteiger partial charge is 0.228 e. The molecule has 0 radical (unpaired) electrons. The van der Waals surface area contributed by atoms with Crippen LogP contribution in [0.5, 0.6) is 0 Å². The Morgan fingerprint density at radius 2 is 1.84 bits per heavy atom. The molecule has 2 saturated heterocycles. The quantitative estimate of drug-likeness (QED) is 0.636. The molecule has 0 saturated carbocycles. The SMILES string of the molecule is Cc1ccc(N2CC(C(=O)N(CCCN3CCOCC3)Cc3ccncc3)CC2=O)cc1. The van der Waals surface area contributed by atoms with Gasteiger partial charge in [-0.05, 0) is 43.2 Å². The Bertz CT molecular complexity index is 897. The summed E-state index contributed by atoms with van der Waals surface area (Å²) < 4.78 is 5.43. The van der Waals surface area contributed by atoms with Crippen LogP contribution in [0.15, 0.2) is 48.8 Å². The predicted molar refractivity (Wildman–Crippen MR) is 123 cm³/mol. The van der Waals surface area contributed by atoms with Gasteiger partial charge in [0.1, 0.15) is 0 Å². The molecule has 0 spiro atoms. The number of hydrogen-bond acceptors (Lipinski definition) is 5. The summed E-state index contributed by atoms with van der Waals surface area (Å²) in [6, 6.07) is 11.8. The number of rotatable bonds is 8. The first-order chi connectivity index (χ1) is 15.6. The fraction of sp³-hybridized carbons (Fsp3) is 0.480. The number of morpholine rings is 1. The van der Waals surface area contributed by atoms with E-state index in [1.807, 2.05) is 48.2 Å². The topological polar surface area (TPSA) is 66.0 Å². The molecule has 1 aromatic carbocycles. The van der Waals surface area contributed by atoms with Crippen molar-refractivity contribution >= 4 is 17.5 Å². The molecule has 1 aromatic heterocycles. The highest BCUT2D eigenvalue weighted by molar-refractivity contribution is 6.00. The lowest BCUT2D eigenvalue weighted by molar-refractivity contribution is -0.136. The summed E-state index contributed by atoms with van der Waals surface area (Å²) >= 11 is 0. The molecule has 2 fully saturated rings. The largest absolute Gasteiger partial charge is 0.379 e. The molecule has 2 aliphatic rings. The van der Waals surface area contributed by atoms with Crippen LogP contribution in [0.3, 0.4) is 0 Å². The zero-order valence-corrected chi connectivity index (χ0v) is 18.8. The van der Waals surface area contributed by atoms with Crippen LogP contribution >= 0.6 is 0 Å². The third-order valence-electron chi connectivity index (χ3n) is 6.26. The van der Waals surface area contributed by atoms with E-state index in [9.17, 15) is 9.59 Å². The first kappa shape index (κ1) is 22.4. The van der Waals surface area contributed by atoms with Gasteiger partial charge in [0, 0.05) is 63.8 Å². The van der Waals surface area contributed by atoms with Gasteiger partial charge in [0.2, 0.25) is 11.8 Å². The Hall–Kier alpha value is -2.77. The summed E-state index contributed by atoms with van der Waals surface area (Å²) in [7, 11) is 0. The third-order valence-corrected chi connectivity index (χ3v) is 6.26. The average molecular weight is 437 g/mol. The summed E-state index contributed by atoms with van der Waals surface area (Å²) in [6.07, 6.45) is 4.68. The number of ether oxygens (including phenoxy) is 1. The molecular weight excluding hydrogens is 404 g/mol. The summed E-state index contributed by atoms with van der Waals surface area (Å²) in [5.41, 5.74) is 3.07. The maximum absolute atomic E-state index is 13.5. The molecule has 170 valence electrons. The number of carbonyl (C=O) groups is 2. The zero-order valence-electron chi connectivity index (χ0n) is 18.8. The minimum atomic E-state index is -0.311. The summed E-state index contributed by atoms with van der Waals surface area (Å²) in [5.74, 6) is -0.231. The second kappa shape index (κ2) is 10.7. The molecule has 7 heteroatoms. The standard InChI is InChI=1S/C25H32N4O3/c1-20-3-5-23(6-4-20)29-19-22(17-24(29)30)25(31)28(18-21-7-9-26-10-8-21)12-2-11-27-13-15-32-16-14-27/h3-10,22H,2,11-19H2,1H3. The van der Waals surface area contributed by atoms with E-state index >= 15 is 0 Å². The van der Waals surface area contributed by atoms with Crippen LogP contribution in [0.1, 0.15) is 24.0 Å². The van der Waals surface area contributed by atoms with Crippen molar-refractivity contribution < 1.29 is 14.3 Å². The van der Waals surface area contributed by atoms with E-state index in [1.165, 1.54) is 0 Å². The molecule has 2 aromatic rings. The second-order valence-corrected chi connectivity index (χ2v) is 8.66. The van der Waals surface area contributed by atoms with E-state index in [4.69, 9.17) is 4.74 Å². The molecule has 1 atom stereocenters. The molecule has 0 aliphatic carbocycles. The van der Waals surface area contributed by atoms with Gasteiger partial charge in [-0.3, -0.25) is 19.5 Å². The van der Waals surface area contributed by atoms with Crippen molar-refractivity contribution in [2.75, 3.05) is 50.8 Å². The lowest BCUT2D eigenvalue weighted by atomic mass is 10.1. The van der Waals surface area contributed by atoms with Crippen LogP contribution in [0.4, 0.5) is 5.69 Å². The molecule has 0 N–H and O–H groups in total. The number of pyridine rings is 1. The van der Waals surface area contributed by atoms with Gasteiger partial charge < -0.3 is 14.5 Å². The number of amides is 2. The molecule has 2 amide bonds. The number of hydrogen-bond donors (Lipinski definition) is 0. The van der Waals surface area contributed by atoms with Gasteiger partial charge in [-0.2, -0.15) is 0 Å². The number of benzene rings is 1. The lowest BCUT2D eigenvalue weighted by Gasteiger charge is -2.29. The van der Waals surface area contributed by atoms with Crippen molar-refractivity contribution in [2.24, 2.45) is 5.92 Å². The van der Waals surface area contributed by atoms with Gasteiger partial charge >= 0.3 is 0 Å². The van der Waals surface area contributed by atoms with Crippen molar-refractivity contribution in [2.45, 2.75) is 26.3 Å². The summed E-state index contributed by atoms with van der Waals surface area (Å²) in [4.78, 5) is 36.4. The van der Waals surface area contributed by atoms with Crippen LogP contribution in [-0.4, -0.2) is 72.5 Å². The molecular formula is C25H32N4O3. The minimum Gasteiger partial charge on any atom is -0.379 e. The summed E-state index contributed by atoms with van der Waals surface area (Å²) in [6.45, 7) is 8.07. The molecule has 2 aliphatic heterocycles. The number of anilines is 1. The van der Waals surface area contributed by atoms with Gasteiger partial charge in [-0.1, -0.05) is 17.7 Å². The molecule has 4 rings (SSSR count). The lowest BCUT2D eigenvalue weighted by Crippen LogP contribution is -2.41. The normalized spacial score (nSPS) is 19.3. The maximum atomic E-state index is 13.5. The molecule has 0 bridgehead atoms. The van der Waals surface area contributed by atoms with Crippen LogP contribution in [-0.2, 0) is 20.9 Å². The summed E-state index contributed by atoms with van der Waals surface area (Å²) in [5, 5.41) is 0. The number of aryl methyl sites for hydroxylation is 1. The average Bonchev–Trinajstić information content (AvgIpc) is 3.21. The van der Waals surface area contributed by atoms with Crippen molar-refractivity contribution in [3.8, 4) is 0 Å². The molecule has 3 heterocycles. The third kappa shape index (κ3) is 5.72. The van der Waals surface area contributed by atoms with Gasteiger partial charge in [-0.15, -0.1) is 0 Å². The maximum Gasteiger partial charge on any atom is 0.228 e. The first-order valence-electron chi connectivity index (χ1n) is 11.4. The van der Waals surface area contributed by atoms with Crippen LogP contribution in [0.2, 0.25) is 0 Å². The first-order valence-corrected chi connectivity index (χ1v) is 11.4. The Morgan fingerprint density at radius 1 is 1.12 bits per heavy atom. The van der Waals surface area contributed by atoms with Gasteiger partial charge in [0.05, 0.1) is 19.1 Å². The van der Waals surface area contributed by atoms with Crippen molar-refractivity contribution in [3.63, 3.8) is 0 Å². The Morgan fingerprint density at radius 3 is 2.56 bits per heavy atom. The highest BCUT2D eigenvalue weighted by atomic mass is 16.5. The number of carbonyl (C=O) groups excluding carboxylic acids is 2. The van der Waals surface area contributed by atoms with Crippen LogP contribution in [0.25, 0.3) is 0 Å². The fourth-order valence-corrected chi connectivity index (χ4v) is 4.39. The number of aromatic nitrogens is 1. The Kier molecular flexibility index (Phi) is 7.50. The molecule has 32 heavy (non-hydrogen) atoms. The molecule has 7 nitrogen and oxygen atoms in total. The van der Waals surface area contributed by atoms with Gasteiger partial charge in [0.15, 0.2) is 0 Å². The Labute approximate surface area is 190 Å². The van der Waals surface area contributed by atoms with E-state index in [0.29, 0.717) is 19.6 Å². The van der Waals surface area contributed by atoms with Gasteiger partial charge in [-0.25, -0.2) is 0 Å². The predicted octanol–water partition coefficient (Wildman–Crippen LogP) is 2.49. The van der Waals surface area contributed by atoms with E-state index in [2.05, 4.69) is 9.88 Å². The van der Waals surface area contributed by atoms with Crippen molar-refractivity contribution in [3.05, 3.63) is 59.9 Å². The highest BCUT2D eigenvalue weighted by Gasteiger charge is 2.37. The zero-order chi connectivity index (χ0) is 22.3. The fourth-order valence-electron chi connectivity index (χ4n) is 4.39. The minimum absolute atomic E-state index is 0.0179. The van der Waals surface area contributed by atoms with Crippen molar-refractivity contribution in [1.82, 2.24) is 14.8 Å². The second-order valence-electron chi connectivity index (χ2n) is 8.66. The van der Waals surface area contributed by atoms with E-state index in [0.717, 1.165) is 56.1 Å². The number of nitrogens with zero attached hydrogens (tertiary/aromatic N) is 4.